The number of ether oxygens (including phenoxy) is 1. The van der Waals surface area contributed by atoms with Gasteiger partial charge in [-0.15, -0.1) is 5.11 Å². The molecule has 5 N–H and O–H groups in total. The molecule has 0 aliphatic rings. The van der Waals surface area contributed by atoms with Gasteiger partial charge in [0, 0.05) is 5.69 Å². The summed E-state index contributed by atoms with van der Waals surface area (Å²) < 4.78 is 4.58. The third-order valence-corrected chi connectivity index (χ3v) is 4.18. The van der Waals surface area contributed by atoms with E-state index in [0.717, 1.165) is 19.2 Å². The van der Waals surface area contributed by atoms with Crippen LogP contribution in [0.2, 0.25) is 0 Å². The van der Waals surface area contributed by atoms with Gasteiger partial charge in [-0.05, 0) is 43.3 Å². The predicted octanol–water partition coefficient (Wildman–Crippen LogP) is 2.85. The second-order valence-corrected chi connectivity index (χ2v) is 6.49. The molecule has 1 heterocycles. The number of methoxy groups -OCH3 is 1. The van der Waals surface area contributed by atoms with Crippen molar-refractivity contribution < 1.29 is 29.3 Å². The van der Waals surface area contributed by atoms with Gasteiger partial charge in [-0.25, -0.2) is 14.4 Å². The van der Waals surface area contributed by atoms with Gasteiger partial charge in [-0.3, -0.25) is 4.79 Å². The van der Waals surface area contributed by atoms with E-state index in [1.54, 1.807) is 6.07 Å². The number of fused-ring (bicyclic) bond motifs is 1. The van der Waals surface area contributed by atoms with Crippen LogP contribution in [0, 0.1) is 0 Å². The lowest BCUT2D eigenvalue weighted by molar-refractivity contribution is -0.113. The Hall–Kier alpha value is -4.74. The van der Waals surface area contributed by atoms with Crippen LogP contribution in [0.5, 0.6) is 0 Å². The Balaban J connectivity index is 1.88. The zero-order valence-electron chi connectivity index (χ0n) is 16.8. The Labute approximate surface area is 179 Å². The van der Waals surface area contributed by atoms with E-state index in [1.165, 1.54) is 25.1 Å². The van der Waals surface area contributed by atoms with Gasteiger partial charge < -0.3 is 30.2 Å². The topological polar surface area (TPSA) is 186 Å². The molecule has 32 heavy (non-hydrogen) atoms. The van der Waals surface area contributed by atoms with Crippen LogP contribution in [-0.2, 0) is 9.53 Å². The summed E-state index contributed by atoms with van der Waals surface area (Å²) in [5.41, 5.74) is 0.0860. The minimum atomic E-state index is -1.31. The van der Waals surface area contributed by atoms with Crippen molar-refractivity contribution in [2.45, 2.75) is 6.92 Å². The maximum absolute atomic E-state index is 12.6. The molecule has 1 amide bonds. The van der Waals surface area contributed by atoms with E-state index in [2.05, 4.69) is 30.3 Å². The number of H-pyrrole nitrogens is 2. The number of aliphatic hydroxyl groups is 1. The molecule has 2 aromatic carbocycles. The molecule has 12 heteroatoms. The molecule has 0 saturated heterocycles. The number of azo groups is 1. The number of hydrogen-bond acceptors (Lipinski definition) is 8. The highest BCUT2D eigenvalue weighted by Gasteiger charge is 2.16. The third kappa shape index (κ3) is 4.87. The number of nitrogens with one attached hydrogen (secondary N) is 3. The zero-order chi connectivity index (χ0) is 23.4. The van der Waals surface area contributed by atoms with Crippen molar-refractivity contribution in [2.24, 2.45) is 10.2 Å². The molecule has 164 valence electrons. The first kappa shape index (κ1) is 22.0. The number of carboxylic acids is 1. The maximum atomic E-state index is 12.6. The van der Waals surface area contributed by atoms with Gasteiger partial charge in [0.15, 0.2) is 5.70 Å². The summed E-state index contributed by atoms with van der Waals surface area (Å²) in [5.74, 6) is -3.36. The van der Waals surface area contributed by atoms with E-state index in [9.17, 15) is 29.4 Å². The molecule has 0 aliphatic carbocycles. The van der Waals surface area contributed by atoms with Crippen LogP contribution < -0.4 is 11.0 Å². The van der Waals surface area contributed by atoms with E-state index in [0.29, 0.717) is 16.7 Å². The first-order valence-electron chi connectivity index (χ1n) is 8.99. The molecule has 0 spiro atoms. The van der Waals surface area contributed by atoms with Crippen LogP contribution in [0.15, 0.2) is 62.9 Å². The smallest absolute Gasteiger partial charge is 0.337 e. The molecule has 3 aromatic rings. The van der Waals surface area contributed by atoms with Gasteiger partial charge in [-0.2, -0.15) is 5.11 Å². The summed E-state index contributed by atoms with van der Waals surface area (Å²) in [7, 11) is 1.14. The molecular weight excluding hydrogens is 422 g/mol. The fraction of sp³-hybridized carbons (Fsp3) is 0.100. The van der Waals surface area contributed by atoms with Gasteiger partial charge in [0.1, 0.15) is 5.76 Å². The normalized spacial score (nSPS) is 11.9. The molecule has 0 radical (unpaired) electrons. The Morgan fingerprint density at radius 1 is 1.00 bits per heavy atom. The van der Waals surface area contributed by atoms with E-state index in [-0.39, 0.29) is 16.8 Å². The minimum Gasteiger partial charge on any atom is -0.510 e. The van der Waals surface area contributed by atoms with Crippen molar-refractivity contribution in [2.75, 3.05) is 12.4 Å². The standard InChI is InChI=1S/C20H17N5O7/c1-9(26)16(17(27)21-12-3-4-14-15(8-12)23-20(31)22-14)25-24-13-6-10(18(28)29)5-11(7-13)19(30)32-2/h3-8,26H,1-2H3,(H,21,27)(H,28,29)(H2,22,23,31)/b16-9+,25-24?. The number of aromatic amines is 2. The number of aromatic carboxylic acids is 1. The quantitative estimate of drug-likeness (QED) is 0.169. The minimum absolute atomic E-state index is 0.0526. The first-order chi connectivity index (χ1) is 15.2. The number of aliphatic hydroxyl groups excluding tert-OH is 1. The van der Waals surface area contributed by atoms with Gasteiger partial charge in [-0.1, -0.05) is 0 Å². The largest absolute Gasteiger partial charge is 0.510 e. The number of hydrogen-bond donors (Lipinski definition) is 5. The van der Waals surface area contributed by atoms with Gasteiger partial charge in [0.25, 0.3) is 5.91 Å². The summed E-state index contributed by atoms with van der Waals surface area (Å²) in [5, 5.41) is 29.1. The molecule has 1 aromatic heterocycles. The van der Waals surface area contributed by atoms with E-state index >= 15 is 0 Å². The third-order valence-electron chi connectivity index (χ3n) is 4.18. The number of rotatable bonds is 6. The number of aromatic nitrogens is 2. The average Bonchev–Trinajstić information content (AvgIpc) is 3.12. The Bertz CT molecular complexity index is 1350. The van der Waals surface area contributed by atoms with Crippen LogP contribution in [0.3, 0.4) is 0 Å². The average molecular weight is 439 g/mol. The SMILES string of the molecule is COC(=O)c1cc(N=N/C(C(=O)Nc2ccc3[nH]c(=O)[nH]c3c2)=C(\C)O)cc(C(=O)O)c1. The lowest BCUT2D eigenvalue weighted by atomic mass is 10.1. The summed E-state index contributed by atoms with van der Waals surface area (Å²) in [4.78, 5) is 52.1. The van der Waals surface area contributed by atoms with E-state index < -0.39 is 35.0 Å². The predicted molar refractivity (Wildman–Crippen MR) is 112 cm³/mol. The van der Waals surface area contributed by atoms with Crippen molar-refractivity contribution in [3.8, 4) is 0 Å². The number of carbonyl (C=O) groups excluding carboxylic acids is 2. The number of nitrogens with zero attached hydrogens (tertiary/aromatic N) is 2. The summed E-state index contributed by atoms with van der Waals surface area (Å²) >= 11 is 0. The molecule has 12 nitrogen and oxygen atoms in total. The van der Waals surface area contributed by atoms with Crippen molar-refractivity contribution in [3.05, 3.63) is 69.5 Å². The van der Waals surface area contributed by atoms with Crippen LogP contribution in [-0.4, -0.2) is 45.1 Å². The number of benzene rings is 2. The monoisotopic (exact) mass is 439 g/mol. The highest BCUT2D eigenvalue weighted by atomic mass is 16.5. The fourth-order valence-corrected chi connectivity index (χ4v) is 2.72. The van der Waals surface area contributed by atoms with Crippen molar-refractivity contribution in [1.82, 2.24) is 9.97 Å². The van der Waals surface area contributed by atoms with Crippen LogP contribution >= 0.6 is 0 Å². The molecule has 3 rings (SSSR count). The number of carbonyl (C=O) groups is 3. The van der Waals surface area contributed by atoms with E-state index in [1.807, 2.05) is 0 Å². The lowest BCUT2D eigenvalue weighted by Gasteiger charge is -2.06. The molecule has 0 unspecified atom stereocenters. The fourth-order valence-electron chi connectivity index (χ4n) is 2.72. The second-order valence-electron chi connectivity index (χ2n) is 6.49. The van der Waals surface area contributed by atoms with Crippen molar-refractivity contribution >= 4 is 40.3 Å². The summed E-state index contributed by atoms with van der Waals surface area (Å²) in [6, 6.07) is 8.08. The maximum Gasteiger partial charge on any atom is 0.337 e. The number of allylic oxidation sites excluding steroid dienone is 1. The molecule has 0 fully saturated rings. The van der Waals surface area contributed by atoms with Crippen LogP contribution in [0.25, 0.3) is 11.0 Å². The summed E-state index contributed by atoms with van der Waals surface area (Å²) in [6.07, 6.45) is 0. The molecule has 0 aliphatic heterocycles. The highest BCUT2D eigenvalue weighted by molar-refractivity contribution is 6.04. The van der Waals surface area contributed by atoms with Crippen LogP contribution in [0.1, 0.15) is 27.6 Å². The van der Waals surface area contributed by atoms with Gasteiger partial charge in [0.2, 0.25) is 0 Å². The van der Waals surface area contributed by atoms with Crippen molar-refractivity contribution in [1.29, 1.82) is 0 Å². The number of anilines is 1. The molecule has 0 bridgehead atoms. The van der Waals surface area contributed by atoms with Gasteiger partial charge >= 0.3 is 17.6 Å². The highest BCUT2D eigenvalue weighted by Crippen LogP contribution is 2.22. The summed E-state index contributed by atoms with van der Waals surface area (Å²) in [6.45, 7) is 1.22. The Morgan fingerprint density at radius 3 is 2.34 bits per heavy atom. The van der Waals surface area contributed by atoms with Crippen molar-refractivity contribution in [3.63, 3.8) is 0 Å². The van der Waals surface area contributed by atoms with Gasteiger partial charge in [0.05, 0.1) is 35.0 Å². The van der Waals surface area contributed by atoms with Crippen LogP contribution in [0.4, 0.5) is 11.4 Å². The Kier molecular flexibility index (Phi) is 6.14. The Morgan fingerprint density at radius 2 is 1.69 bits per heavy atom. The number of amides is 1. The number of esters is 1. The van der Waals surface area contributed by atoms with E-state index in [4.69, 9.17) is 0 Å². The molecular formula is C20H17N5O7. The first-order valence-corrected chi connectivity index (χ1v) is 8.99. The lowest BCUT2D eigenvalue weighted by Crippen LogP contribution is -2.14. The molecule has 0 saturated carbocycles. The second kappa shape index (κ2) is 8.95. The molecule has 0 atom stereocenters. The number of carboxylic acid groups (broad SMARTS) is 1. The zero-order valence-corrected chi connectivity index (χ0v) is 16.8. The number of imidazole rings is 1.